The number of likely N-dealkylation sites (tertiary alicyclic amines) is 2. The first-order valence-corrected chi connectivity index (χ1v) is 13.0. The maximum atomic E-state index is 13.2. The number of rotatable bonds is 5. The van der Waals surface area contributed by atoms with Gasteiger partial charge in [0.25, 0.3) is 0 Å². The lowest BCUT2D eigenvalue weighted by atomic mass is 9.82. The molecule has 0 aromatic heterocycles. The zero-order chi connectivity index (χ0) is 26.0. The minimum atomic E-state index is -4.39. The summed E-state index contributed by atoms with van der Waals surface area (Å²) >= 11 is 0. The number of carbonyl (C=O) groups is 2. The Bertz CT molecular complexity index is 947. The van der Waals surface area contributed by atoms with Gasteiger partial charge in [-0.25, -0.2) is 15.6 Å². The third-order valence-corrected chi connectivity index (χ3v) is 8.09. The van der Waals surface area contributed by atoms with Crippen molar-refractivity contribution in [1.29, 1.82) is 0 Å². The fourth-order valence-electron chi connectivity index (χ4n) is 6.01. The van der Waals surface area contributed by atoms with E-state index in [4.69, 9.17) is 9.47 Å². The molecule has 1 aliphatic carbocycles. The van der Waals surface area contributed by atoms with Crippen LogP contribution in [0.15, 0.2) is 24.3 Å². The van der Waals surface area contributed by atoms with Crippen molar-refractivity contribution < 1.29 is 32.2 Å². The van der Waals surface area contributed by atoms with Crippen LogP contribution < -0.4 is 21.1 Å². The molecule has 2 amide bonds. The van der Waals surface area contributed by atoms with Crippen LogP contribution in [0.2, 0.25) is 0 Å². The third kappa shape index (κ3) is 6.47. The molecule has 3 heterocycles. The molecule has 204 valence electrons. The highest BCUT2D eigenvalue weighted by Gasteiger charge is 2.42. The molecular formula is C25H34F3N5O4. The Morgan fingerprint density at radius 3 is 2.27 bits per heavy atom. The monoisotopic (exact) mass is 525 g/mol. The van der Waals surface area contributed by atoms with E-state index in [0.717, 1.165) is 45.2 Å². The van der Waals surface area contributed by atoms with Gasteiger partial charge >= 0.3 is 12.3 Å². The zero-order valence-electron chi connectivity index (χ0n) is 20.6. The molecule has 1 aromatic carbocycles. The van der Waals surface area contributed by atoms with Crippen molar-refractivity contribution in [3.05, 3.63) is 29.8 Å². The molecule has 12 heteroatoms. The van der Waals surface area contributed by atoms with Crippen molar-refractivity contribution in [2.75, 3.05) is 32.8 Å². The summed E-state index contributed by atoms with van der Waals surface area (Å²) in [5.41, 5.74) is 10.1. The first kappa shape index (κ1) is 26.1. The average Bonchev–Trinajstić information content (AvgIpc) is 3.47. The van der Waals surface area contributed by atoms with Gasteiger partial charge in [0.2, 0.25) is 5.91 Å². The SMILES string of the molecule is O=C(OCc1ccc(OCC(F)(F)F)cc1)N1CC[C@@H]2CN(C(=O)C3CCC4NNNC4C3)C[C@@H]2CC1. The van der Waals surface area contributed by atoms with E-state index in [1.54, 1.807) is 17.0 Å². The van der Waals surface area contributed by atoms with Crippen LogP contribution in [0.3, 0.4) is 0 Å². The van der Waals surface area contributed by atoms with Gasteiger partial charge in [-0.05, 0) is 61.6 Å². The number of carbonyl (C=O) groups excluding carboxylic acids is 2. The number of benzene rings is 1. The van der Waals surface area contributed by atoms with Gasteiger partial charge in [-0.1, -0.05) is 12.1 Å². The molecule has 37 heavy (non-hydrogen) atoms. The smallest absolute Gasteiger partial charge is 0.422 e. The summed E-state index contributed by atoms with van der Waals surface area (Å²) in [7, 11) is 0. The second-order valence-electron chi connectivity index (χ2n) is 10.6. The molecule has 4 aliphatic rings. The predicted molar refractivity (Wildman–Crippen MR) is 127 cm³/mol. The Morgan fingerprint density at radius 1 is 0.919 bits per heavy atom. The molecule has 0 spiro atoms. The molecule has 3 unspecified atom stereocenters. The van der Waals surface area contributed by atoms with Crippen LogP contribution in [-0.2, 0) is 16.1 Å². The molecule has 0 radical (unpaired) electrons. The maximum Gasteiger partial charge on any atom is 0.422 e. The number of ether oxygens (including phenoxy) is 2. The summed E-state index contributed by atoms with van der Waals surface area (Å²) in [5, 5.41) is 0. The topological polar surface area (TPSA) is 95.2 Å². The van der Waals surface area contributed by atoms with Gasteiger partial charge in [0, 0.05) is 44.2 Å². The van der Waals surface area contributed by atoms with Crippen molar-refractivity contribution in [3.8, 4) is 5.75 Å². The predicted octanol–water partition coefficient (Wildman–Crippen LogP) is 2.58. The normalized spacial score (nSPS) is 29.9. The summed E-state index contributed by atoms with van der Waals surface area (Å²) in [4.78, 5) is 29.7. The highest BCUT2D eigenvalue weighted by molar-refractivity contribution is 5.79. The van der Waals surface area contributed by atoms with E-state index in [1.807, 2.05) is 4.90 Å². The van der Waals surface area contributed by atoms with Crippen LogP contribution in [0.25, 0.3) is 0 Å². The fraction of sp³-hybridized carbons (Fsp3) is 0.680. The van der Waals surface area contributed by atoms with Crippen molar-refractivity contribution in [2.45, 2.75) is 57.0 Å². The van der Waals surface area contributed by atoms with Crippen LogP contribution in [0.5, 0.6) is 5.75 Å². The van der Waals surface area contributed by atoms with Crippen LogP contribution in [0.1, 0.15) is 37.7 Å². The van der Waals surface area contributed by atoms with E-state index in [1.165, 1.54) is 12.1 Å². The average molecular weight is 526 g/mol. The van der Waals surface area contributed by atoms with Gasteiger partial charge < -0.3 is 19.3 Å². The lowest BCUT2D eigenvalue weighted by Gasteiger charge is -2.32. The van der Waals surface area contributed by atoms with Crippen molar-refractivity contribution >= 4 is 12.0 Å². The minimum Gasteiger partial charge on any atom is -0.484 e. The quantitative estimate of drug-likeness (QED) is 0.544. The largest absolute Gasteiger partial charge is 0.484 e. The van der Waals surface area contributed by atoms with Gasteiger partial charge in [-0.15, -0.1) is 0 Å². The fourth-order valence-corrected chi connectivity index (χ4v) is 6.01. The number of fused-ring (bicyclic) bond motifs is 2. The van der Waals surface area contributed by atoms with E-state index in [2.05, 4.69) is 16.4 Å². The summed E-state index contributed by atoms with van der Waals surface area (Å²) < 4.78 is 47.0. The van der Waals surface area contributed by atoms with E-state index >= 15 is 0 Å². The molecule has 3 saturated heterocycles. The Labute approximate surface area is 213 Å². The Morgan fingerprint density at radius 2 is 1.59 bits per heavy atom. The summed E-state index contributed by atoms with van der Waals surface area (Å²) in [6.07, 6.45) is -0.388. The van der Waals surface area contributed by atoms with Crippen LogP contribution in [0, 0.1) is 17.8 Å². The highest BCUT2D eigenvalue weighted by atomic mass is 19.4. The van der Waals surface area contributed by atoms with Crippen molar-refractivity contribution in [3.63, 3.8) is 0 Å². The first-order valence-electron chi connectivity index (χ1n) is 13.0. The van der Waals surface area contributed by atoms with Crippen molar-refractivity contribution in [1.82, 2.24) is 26.2 Å². The molecule has 4 fully saturated rings. The zero-order valence-corrected chi connectivity index (χ0v) is 20.6. The number of hydrazine groups is 2. The number of nitrogens with zero attached hydrogens (tertiary/aromatic N) is 2. The lowest BCUT2D eigenvalue weighted by Crippen LogP contribution is -2.45. The van der Waals surface area contributed by atoms with Crippen LogP contribution in [-0.4, -0.2) is 72.8 Å². The molecule has 1 aromatic rings. The number of amides is 2. The molecule has 1 saturated carbocycles. The van der Waals surface area contributed by atoms with Gasteiger partial charge in [0.05, 0.1) is 0 Å². The molecule has 5 rings (SSSR count). The summed E-state index contributed by atoms with van der Waals surface area (Å²) in [6.45, 7) is 1.36. The molecule has 9 nitrogen and oxygen atoms in total. The molecular weight excluding hydrogens is 491 g/mol. The maximum absolute atomic E-state index is 13.2. The van der Waals surface area contributed by atoms with Gasteiger partial charge in [-0.3, -0.25) is 4.79 Å². The number of halogens is 3. The summed E-state index contributed by atoms with van der Waals surface area (Å²) in [5.74, 6) is 1.21. The highest BCUT2D eigenvalue weighted by Crippen LogP contribution is 2.35. The number of nitrogens with one attached hydrogen (secondary N) is 3. The van der Waals surface area contributed by atoms with Crippen LogP contribution in [0.4, 0.5) is 18.0 Å². The number of hydrogen-bond donors (Lipinski definition) is 3. The van der Waals surface area contributed by atoms with E-state index < -0.39 is 18.9 Å². The minimum absolute atomic E-state index is 0.0349. The van der Waals surface area contributed by atoms with E-state index in [0.29, 0.717) is 36.5 Å². The number of alkyl halides is 3. The van der Waals surface area contributed by atoms with Gasteiger partial charge in [0.1, 0.15) is 12.4 Å². The Kier molecular flexibility index (Phi) is 7.77. The Hall–Kier alpha value is -2.57. The van der Waals surface area contributed by atoms with Crippen molar-refractivity contribution in [2.24, 2.45) is 17.8 Å². The van der Waals surface area contributed by atoms with Gasteiger partial charge in [-0.2, -0.15) is 18.7 Å². The Balaban J connectivity index is 1.05. The van der Waals surface area contributed by atoms with E-state index in [9.17, 15) is 22.8 Å². The van der Waals surface area contributed by atoms with Crippen LogP contribution >= 0.6 is 0 Å². The molecule has 0 bridgehead atoms. The molecule has 3 aliphatic heterocycles. The standard InChI is InChI=1S/C25H34F3N5O4/c26-25(27,28)15-37-20-4-1-16(2-5-20)14-36-24(35)32-9-7-18-12-33(13-19(18)8-10-32)23(34)17-3-6-21-22(11-17)30-31-29-21/h1-2,4-5,17-19,21-22,29-31H,3,6-15H2/t17?,18-,19+,21?,22?. The summed E-state index contributed by atoms with van der Waals surface area (Å²) in [6, 6.07) is 6.70. The first-order chi connectivity index (χ1) is 17.7. The number of hydrogen-bond acceptors (Lipinski definition) is 7. The molecule has 5 atom stereocenters. The molecule has 3 N–H and O–H groups in total. The van der Waals surface area contributed by atoms with Gasteiger partial charge in [0.15, 0.2) is 6.61 Å². The second kappa shape index (κ2) is 11.0. The third-order valence-electron chi connectivity index (χ3n) is 8.09. The second-order valence-corrected chi connectivity index (χ2v) is 10.6. The lowest BCUT2D eigenvalue weighted by molar-refractivity contribution is -0.153. The van der Waals surface area contributed by atoms with E-state index in [-0.39, 0.29) is 30.2 Å².